The zero-order valence-corrected chi connectivity index (χ0v) is 13.0. The third kappa shape index (κ3) is 4.26. The highest BCUT2D eigenvalue weighted by molar-refractivity contribution is 5.98. The first kappa shape index (κ1) is 17.1. The molecule has 0 bridgehead atoms. The van der Waals surface area contributed by atoms with Crippen molar-refractivity contribution in [2.24, 2.45) is 0 Å². The fourth-order valence-corrected chi connectivity index (χ4v) is 2.40. The summed E-state index contributed by atoms with van der Waals surface area (Å²) in [6.45, 7) is 10.0. The SMILES string of the molecule is CCN(CC)C(C)CNC(=O)c1cccc(C)c1[N+](=O)[O-]. The number of carbonyl (C=O) groups excluding carboxylic acids is 1. The van der Waals surface area contributed by atoms with E-state index in [1.165, 1.54) is 6.07 Å². The molecule has 1 unspecified atom stereocenters. The lowest BCUT2D eigenvalue weighted by Gasteiger charge is -2.26. The number of nitrogens with zero attached hydrogens (tertiary/aromatic N) is 2. The molecule has 1 N–H and O–H groups in total. The van der Waals surface area contributed by atoms with Gasteiger partial charge in [-0.3, -0.25) is 19.8 Å². The number of rotatable bonds is 7. The third-order valence-electron chi connectivity index (χ3n) is 3.66. The molecule has 0 aliphatic heterocycles. The standard InChI is InChI=1S/C15H23N3O3/c1-5-17(6-2)12(4)10-16-15(19)13-9-7-8-11(3)14(13)18(20)21/h7-9,12H,5-6,10H2,1-4H3,(H,16,19). The van der Waals surface area contributed by atoms with E-state index in [4.69, 9.17) is 0 Å². The van der Waals surface area contributed by atoms with Gasteiger partial charge >= 0.3 is 0 Å². The Labute approximate surface area is 125 Å². The highest BCUT2D eigenvalue weighted by atomic mass is 16.6. The monoisotopic (exact) mass is 293 g/mol. The van der Waals surface area contributed by atoms with Crippen LogP contribution in [-0.4, -0.2) is 41.4 Å². The molecule has 0 aliphatic carbocycles. The molecule has 116 valence electrons. The van der Waals surface area contributed by atoms with Crippen LogP contribution in [0.1, 0.15) is 36.7 Å². The average molecular weight is 293 g/mol. The molecule has 0 radical (unpaired) electrons. The minimum Gasteiger partial charge on any atom is -0.350 e. The molecule has 0 heterocycles. The molecular weight excluding hydrogens is 270 g/mol. The third-order valence-corrected chi connectivity index (χ3v) is 3.66. The topological polar surface area (TPSA) is 75.5 Å². The van der Waals surface area contributed by atoms with Gasteiger partial charge < -0.3 is 5.32 Å². The van der Waals surface area contributed by atoms with Gasteiger partial charge in [0.2, 0.25) is 0 Å². The number of nitro benzene ring substituents is 1. The van der Waals surface area contributed by atoms with E-state index in [-0.39, 0.29) is 17.3 Å². The normalized spacial score (nSPS) is 12.2. The zero-order chi connectivity index (χ0) is 16.0. The van der Waals surface area contributed by atoms with Crippen LogP contribution in [0.2, 0.25) is 0 Å². The predicted octanol–water partition coefficient (Wildman–Crippen LogP) is 2.36. The Balaban J connectivity index is 2.82. The quantitative estimate of drug-likeness (QED) is 0.618. The van der Waals surface area contributed by atoms with E-state index >= 15 is 0 Å². The lowest BCUT2D eigenvalue weighted by Crippen LogP contribution is -2.42. The van der Waals surface area contributed by atoms with Gasteiger partial charge in [0.25, 0.3) is 11.6 Å². The van der Waals surface area contributed by atoms with Crippen molar-refractivity contribution in [1.29, 1.82) is 0 Å². The zero-order valence-electron chi connectivity index (χ0n) is 13.0. The first-order chi connectivity index (χ1) is 9.92. The first-order valence-electron chi connectivity index (χ1n) is 7.18. The van der Waals surface area contributed by atoms with Gasteiger partial charge in [-0.15, -0.1) is 0 Å². The van der Waals surface area contributed by atoms with Crippen LogP contribution in [0.15, 0.2) is 18.2 Å². The molecule has 6 heteroatoms. The number of aryl methyl sites for hydroxylation is 1. The van der Waals surface area contributed by atoms with Crippen LogP contribution in [0.25, 0.3) is 0 Å². The Morgan fingerprint density at radius 2 is 2.00 bits per heavy atom. The summed E-state index contributed by atoms with van der Waals surface area (Å²) >= 11 is 0. The molecule has 1 aromatic carbocycles. The molecule has 0 fully saturated rings. The van der Waals surface area contributed by atoms with Crippen LogP contribution >= 0.6 is 0 Å². The molecule has 1 aromatic rings. The molecule has 1 amide bonds. The number of amides is 1. The predicted molar refractivity (Wildman–Crippen MR) is 82.5 cm³/mol. The van der Waals surface area contributed by atoms with Crippen molar-refractivity contribution in [3.63, 3.8) is 0 Å². The molecule has 21 heavy (non-hydrogen) atoms. The van der Waals surface area contributed by atoms with Crippen molar-refractivity contribution in [1.82, 2.24) is 10.2 Å². The molecule has 6 nitrogen and oxygen atoms in total. The summed E-state index contributed by atoms with van der Waals surface area (Å²) in [5.74, 6) is -0.399. The highest BCUT2D eigenvalue weighted by Gasteiger charge is 2.22. The number of nitro groups is 1. The summed E-state index contributed by atoms with van der Waals surface area (Å²) in [5.41, 5.74) is 0.488. The van der Waals surface area contributed by atoms with Crippen LogP contribution in [0.5, 0.6) is 0 Å². The van der Waals surface area contributed by atoms with Gasteiger partial charge in [-0.1, -0.05) is 26.0 Å². The van der Waals surface area contributed by atoms with Crippen LogP contribution < -0.4 is 5.32 Å². The van der Waals surface area contributed by atoms with Crippen LogP contribution in [0, 0.1) is 17.0 Å². The van der Waals surface area contributed by atoms with Gasteiger partial charge in [0.1, 0.15) is 5.56 Å². The van der Waals surface area contributed by atoms with Crippen LogP contribution in [-0.2, 0) is 0 Å². The molecule has 0 spiro atoms. The largest absolute Gasteiger partial charge is 0.350 e. The minimum atomic E-state index is -0.502. The van der Waals surface area contributed by atoms with E-state index in [2.05, 4.69) is 24.1 Å². The number of para-hydroxylation sites is 1. The molecule has 1 atom stereocenters. The molecular formula is C15H23N3O3. The van der Waals surface area contributed by atoms with Crippen molar-refractivity contribution < 1.29 is 9.72 Å². The van der Waals surface area contributed by atoms with Crippen molar-refractivity contribution in [3.8, 4) is 0 Å². The van der Waals surface area contributed by atoms with Gasteiger partial charge in [0.15, 0.2) is 0 Å². The number of carbonyl (C=O) groups is 1. The van der Waals surface area contributed by atoms with Gasteiger partial charge in [0.05, 0.1) is 4.92 Å². The van der Waals surface area contributed by atoms with Gasteiger partial charge in [-0.05, 0) is 33.0 Å². The van der Waals surface area contributed by atoms with Gasteiger partial charge in [0, 0.05) is 18.2 Å². The van der Waals surface area contributed by atoms with Gasteiger partial charge in [-0.2, -0.15) is 0 Å². The summed E-state index contributed by atoms with van der Waals surface area (Å²) in [6.07, 6.45) is 0. The second kappa shape index (κ2) is 7.73. The lowest BCUT2D eigenvalue weighted by molar-refractivity contribution is -0.385. The first-order valence-corrected chi connectivity index (χ1v) is 7.18. The molecule has 0 saturated carbocycles. The van der Waals surface area contributed by atoms with Crippen molar-refractivity contribution >= 4 is 11.6 Å². The molecule has 0 aliphatic rings. The van der Waals surface area contributed by atoms with E-state index in [1.807, 2.05) is 6.92 Å². The molecule has 1 rings (SSSR count). The summed E-state index contributed by atoms with van der Waals surface area (Å²) in [5, 5.41) is 13.9. The Kier molecular flexibility index (Phi) is 6.30. The number of hydrogen-bond donors (Lipinski definition) is 1. The van der Waals surface area contributed by atoms with Crippen LogP contribution in [0.3, 0.4) is 0 Å². The summed E-state index contributed by atoms with van der Waals surface area (Å²) in [7, 11) is 0. The van der Waals surface area contributed by atoms with Crippen molar-refractivity contribution in [2.75, 3.05) is 19.6 Å². The number of nitrogens with one attached hydrogen (secondary N) is 1. The van der Waals surface area contributed by atoms with Gasteiger partial charge in [-0.25, -0.2) is 0 Å². The summed E-state index contributed by atoms with van der Waals surface area (Å²) in [6, 6.07) is 4.97. The lowest BCUT2D eigenvalue weighted by atomic mass is 10.1. The highest BCUT2D eigenvalue weighted by Crippen LogP contribution is 2.22. The second-order valence-corrected chi connectivity index (χ2v) is 5.01. The summed E-state index contributed by atoms with van der Waals surface area (Å²) in [4.78, 5) is 25.0. The summed E-state index contributed by atoms with van der Waals surface area (Å²) < 4.78 is 0. The Bertz CT molecular complexity index is 513. The van der Waals surface area contributed by atoms with Crippen LogP contribution in [0.4, 0.5) is 5.69 Å². The number of hydrogen-bond acceptors (Lipinski definition) is 4. The van der Waals surface area contributed by atoms with E-state index < -0.39 is 10.8 Å². The molecule has 0 aromatic heterocycles. The Morgan fingerprint density at radius 3 is 2.52 bits per heavy atom. The number of benzene rings is 1. The average Bonchev–Trinajstić information content (AvgIpc) is 2.45. The van der Waals surface area contributed by atoms with E-state index in [0.29, 0.717) is 12.1 Å². The minimum absolute atomic E-state index is 0.117. The molecule has 0 saturated heterocycles. The van der Waals surface area contributed by atoms with E-state index in [9.17, 15) is 14.9 Å². The van der Waals surface area contributed by atoms with Crippen molar-refractivity contribution in [2.45, 2.75) is 33.7 Å². The maximum absolute atomic E-state index is 12.2. The number of likely N-dealkylation sites (N-methyl/N-ethyl adjacent to an activating group) is 1. The Morgan fingerprint density at radius 1 is 1.38 bits per heavy atom. The van der Waals surface area contributed by atoms with Crippen molar-refractivity contribution in [3.05, 3.63) is 39.4 Å². The van der Waals surface area contributed by atoms with E-state index in [0.717, 1.165) is 13.1 Å². The fraction of sp³-hybridized carbons (Fsp3) is 0.533. The second-order valence-electron chi connectivity index (χ2n) is 5.01. The maximum Gasteiger partial charge on any atom is 0.285 e. The maximum atomic E-state index is 12.2. The fourth-order valence-electron chi connectivity index (χ4n) is 2.40. The van der Waals surface area contributed by atoms with E-state index in [1.54, 1.807) is 19.1 Å². The smallest absolute Gasteiger partial charge is 0.285 e. The Hall–Kier alpha value is -1.95.